The molecule has 0 unspecified atom stereocenters. The maximum Gasteiger partial charge on any atom is 0.130 e. The SMILES string of the molecule is CNC[C@@H]1CCc2cccc(-c3ccc(OC)cc3OC)c2O1. The molecule has 3 rings (SSSR count). The molecule has 1 heterocycles. The summed E-state index contributed by atoms with van der Waals surface area (Å²) in [5.41, 5.74) is 3.35. The smallest absolute Gasteiger partial charge is 0.130 e. The summed E-state index contributed by atoms with van der Waals surface area (Å²) >= 11 is 0. The van der Waals surface area contributed by atoms with Gasteiger partial charge in [-0.05, 0) is 37.6 Å². The van der Waals surface area contributed by atoms with E-state index in [4.69, 9.17) is 14.2 Å². The Morgan fingerprint density at radius 1 is 1.13 bits per heavy atom. The maximum absolute atomic E-state index is 6.26. The molecular weight excluding hydrogens is 290 g/mol. The van der Waals surface area contributed by atoms with Crippen molar-refractivity contribution in [1.82, 2.24) is 5.32 Å². The fourth-order valence-electron chi connectivity index (χ4n) is 3.07. The normalized spacial score (nSPS) is 16.4. The van der Waals surface area contributed by atoms with Crippen LogP contribution >= 0.6 is 0 Å². The fourth-order valence-corrected chi connectivity index (χ4v) is 3.07. The van der Waals surface area contributed by atoms with E-state index in [0.717, 1.165) is 47.8 Å². The lowest BCUT2D eigenvalue weighted by Gasteiger charge is -2.28. The predicted molar refractivity (Wildman–Crippen MR) is 91.6 cm³/mol. The molecule has 0 fully saturated rings. The molecule has 4 nitrogen and oxygen atoms in total. The van der Waals surface area contributed by atoms with Crippen molar-refractivity contribution in [3.8, 4) is 28.4 Å². The molecule has 0 aliphatic carbocycles. The molecule has 1 aliphatic rings. The van der Waals surface area contributed by atoms with Gasteiger partial charge in [0.1, 0.15) is 23.4 Å². The number of rotatable bonds is 5. The van der Waals surface area contributed by atoms with Crippen LogP contribution in [0.25, 0.3) is 11.1 Å². The lowest BCUT2D eigenvalue weighted by Crippen LogP contribution is -2.32. The van der Waals surface area contributed by atoms with Crippen LogP contribution in [-0.4, -0.2) is 33.9 Å². The lowest BCUT2D eigenvalue weighted by atomic mass is 9.95. The molecule has 0 aromatic heterocycles. The van der Waals surface area contributed by atoms with Gasteiger partial charge < -0.3 is 19.5 Å². The highest BCUT2D eigenvalue weighted by atomic mass is 16.5. The number of aryl methyl sites for hydroxylation is 1. The molecule has 0 amide bonds. The molecule has 0 spiro atoms. The Hall–Kier alpha value is -2.20. The van der Waals surface area contributed by atoms with Crippen LogP contribution in [0.15, 0.2) is 36.4 Å². The Labute approximate surface area is 137 Å². The first-order chi connectivity index (χ1) is 11.3. The Bertz CT molecular complexity index is 684. The topological polar surface area (TPSA) is 39.7 Å². The van der Waals surface area contributed by atoms with Crippen molar-refractivity contribution in [2.45, 2.75) is 18.9 Å². The van der Waals surface area contributed by atoms with E-state index in [0.29, 0.717) is 0 Å². The molecular formula is C19H23NO3. The van der Waals surface area contributed by atoms with E-state index in [9.17, 15) is 0 Å². The number of nitrogens with one attached hydrogen (secondary N) is 1. The van der Waals surface area contributed by atoms with E-state index >= 15 is 0 Å². The van der Waals surface area contributed by atoms with Crippen molar-refractivity contribution in [3.63, 3.8) is 0 Å². The molecule has 0 bridgehead atoms. The van der Waals surface area contributed by atoms with Crippen LogP contribution < -0.4 is 19.5 Å². The van der Waals surface area contributed by atoms with Gasteiger partial charge in [-0.1, -0.05) is 18.2 Å². The van der Waals surface area contributed by atoms with Crippen molar-refractivity contribution < 1.29 is 14.2 Å². The average molecular weight is 313 g/mol. The first kappa shape index (κ1) is 15.7. The average Bonchev–Trinajstić information content (AvgIpc) is 2.61. The third kappa shape index (κ3) is 3.13. The van der Waals surface area contributed by atoms with E-state index in [2.05, 4.69) is 23.5 Å². The Balaban J connectivity index is 2.04. The van der Waals surface area contributed by atoms with Crippen molar-refractivity contribution in [3.05, 3.63) is 42.0 Å². The highest BCUT2D eigenvalue weighted by molar-refractivity contribution is 5.78. The van der Waals surface area contributed by atoms with Crippen LogP contribution in [0, 0.1) is 0 Å². The molecule has 1 atom stereocenters. The minimum absolute atomic E-state index is 0.206. The minimum Gasteiger partial charge on any atom is -0.497 e. The van der Waals surface area contributed by atoms with E-state index in [1.165, 1.54) is 5.56 Å². The van der Waals surface area contributed by atoms with Gasteiger partial charge in [-0.15, -0.1) is 0 Å². The summed E-state index contributed by atoms with van der Waals surface area (Å²) in [5.74, 6) is 2.55. The molecule has 0 radical (unpaired) electrons. The second-order valence-electron chi connectivity index (χ2n) is 5.70. The van der Waals surface area contributed by atoms with Crippen molar-refractivity contribution >= 4 is 0 Å². The van der Waals surface area contributed by atoms with Crippen molar-refractivity contribution in [1.29, 1.82) is 0 Å². The van der Waals surface area contributed by atoms with Crippen LogP contribution in [0.1, 0.15) is 12.0 Å². The number of para-hydroxylation sites is 1. The highest BCUT2D eigenvalue weighted by Gasteiger charge is 2.23. The van der Waals surface area contributed by atoms with E-state index in [1.807, 2.05) is 25.2 Å². The summed E-state index contributed by atoms with van der Waals surface area (Å²) in [6.07, 6.45) is 2.28. The second-order valence-corrected chi connectivity index (χ2v) is 5.70. The zero-order valence-corrected chi connectivity index (χ0v) is 13.9. The third-order valence-corrected chi connectivity index (χ3v) is 4.25. The quantitative estimate of drug-likeness (QED) is 0.919. The van der Waals surface area contributed by atoms with Gasteiger partial charge in [0.05, 0.1) is 14.2 Å². The summed E-state index contributed by atoms with van der Waals surface area (Å²) in [4.78, 5) is 0. The van der Waals surface area contributed by atoms with Crippen LogP contribution in [0.5, 0.6) is 17.2 Å². The summed E-state index contributed by atoms with van der Waals surface area (Å²) in [6, 6.07) is 12.2. The zero-order valence-electron chi connectivity index (χ0n) is 13.9. The van der Waals surface area contributed by atoms with Crippen molar-refractivity contribution in [2.24, 2.45) is 0 Å². The van der Waals surface area contributed by atoms with E-state index in [-0.39, 0.29) is 6.10 Å². The first-order valence-electron chi connectivity index (χ1n) is 7.92. The number of fused-ring (bicyclic) bond motifs is 1. The van der Waals surface area contributed by atoms with Crippen molar-refractivity contribution in [2.75, 3.05) is 27.8 Å². The molecule has 2 aromatic carbocycles. The summed E-state index contributed by atoms with van der Waals surface area (Å²) < 4.78 is 17.1. The van der Waals surface area contributed by atoms with Crippen LogP contribution in [-0.2, 0) is 6.42 Å². The van der Waals surface area contributed by atoms with Gasteiger partial charge in [0.15, 0.2) is 0 Å². The first-order valence-corrected chi connectivity index (χ1v) is 7.92. The third-order valence-electron chi connectivity index (χ3n) is 4.25. The number of hydrogen-bond acceptors (Lipinski definition) is 4. The number of hydrogen-bond donors (Lipinski definition) is 1. The highest BCUT2D eigenvalue weighted by Crippen LogP contribution is 2.42. The van der Waals surface area contributed by atoms with Gasteiger partial charge in [0.25, 0.3) is 0 Å². The number of ether oxygens (including phenoxy) is 3. The van der Waals surface area contributed by atoms with Gasteiger partial charge in [0.2, 0.25) is 0 Å². The molecule has 4 heteroatoms. The lowest BCUT2D eigenvalue weighted by molar-refractivity contribution is 0.174. The van der Waals surface area contributed by atoms with Gasteiger partial charge in [-0.2, -0.15) is 0 Å². The monoisotopic (exact) mass is 313 g/mol. The van der Waals surface area contributed by atoms with Gasteiger partial charge in [0, 0.05) is 23.7 Å². The molecule has 0 saturated heterocycles. The number of methoxy groups -OCH3 is 2. The number of benzene rings is 2. The summed E-state index contributed by atoms with van der Waals surface area (Å²) in [5, 5.41) is 3.20. The van der Waals surface area contributed by atoms with Gasteiger partial charge >= 0.3 is 0 Å². The van der Waals surface area contributed by atoms with Crippen LogP contribution in [0.3, 0.4) is 0 Å². The molecule has 122 valence electrons. The standard InChI is InChI=1S/C19H23NO3/c1-20-12-15-8-7-13-5-4-6-17(19(13)23-15)16-10-9-14(21-2)11-18(16)22-3/h4-6,9-11,15,20H,7-8,12H2,1-3H3/t15-/m0/s1. The number of likely N-dealkylation sites (N-methyl/N-ethyl adjacent to an activating group) is 1. The summed E-state index contributed by atoms with van der Waals surface area (Å²) in [7, 11) is 5.29. The van der Waals surface area contributed by atoms with Gasteiger partial charge in [-0.3, -0.25) is 0 Å². The minimum atomic E-state index is 0.206. The Morgan fingerprint density at radius 3 is 2.74 bits per heavy atom. The fraction of sp³-hybridized carbons (Fsp3) is 0.368. The maximum atomic E-state index is 6.26. The molecule has 1 aliphatic heterocycles. The van der Waals surface area contributed by atoms with Crippen LogP contribution in [0.4, 0.5) is 0 Å². The molecule has 2 aromatic rings. The zero-order chi connectivity index (χ0) is 16.2. The predicted octanol–water partition coefficient (Wildman–Crippen LogP) is 3.28. The molecule has 23 heavy (non-hydrogen) atoms. The van der Waals surface area contributed by atoms with Crippen LogP contribution in [0.2, 0.25) is 0 Å². The largest absolute Gasteiger partial charge is 0.497 e. The summed E-state index contributed by atoms with van der Waals surface area (Å²) in [6.45, 7) is 0.855. The second kappa shape index (κ2) is 6.92. The van der Waals surface area contributed by atoms with Gasteiger partial charge in [-0.25, -0.2) is 0 Å². The van der Waals surface area contributed by atoms with E-state index in [1.54, 1.807) is 14.2 Å². The van der Waals surface area contributed by atoms with E-state index < -0.39 is 0 Å². The Morgan fingerprint density at radius 2 is 2.00 bits per heavy atom. The Kier molecular flexibility index (Phi) is 4.72. The molecule has 1 N–H and O–H groups in total. The molecule has 0 saturated carbocycles.